The first kappa shape index (κ1) is 17.8. The highest BCUT2D eigenvalue weighted by Crippen LogP contribution is 2.32. The Kier molecular flexibility index (Phi) is 4.48. The number of anilines is 1. The maximum Gasteiger partial charge on any atom is 0.306 e. The van der Waals surface area contributed by atoms with Gasteiger partial charge in [0, 0.05) is 24.0 Å². The summed E-state index contributed by atoms with van der Waals surface area (Å²) in [7, 11) is 0. The lowest BCUT2D eigenvalue weighted by atomic mass is 9.93. The highest BCUT2D eigenvalue weighted by molar-refractivity contribution is 5.79. The zero-order valence-corrected chi connectivity index (χ0v) is 15.6. The molecule has 148 valence electrons. The Labute approximate surface area is 166 Å². The molecule has 1 aliphatic rings. The van der Waals surface area contributed by atoms with Crippen molar-refractivity contribution in [3.63, 3.8) is 0 Å². The van der Waals surface area contributed by atoms with E-state index in [1.54, 1.807) is 30.8 Å². The van der Waals surface area contributed by atoms with Crippen molar-refractivity contribution < 1.29 is 13.9 Å². The number of aromatic nitrogens is 4. The van der Waals surface area contributed by atoms with Gasteiger partial charge in [0.25, 0.3) is 0 Å². The molecule has 0 saturated heterocycles. The van der Waals surface area contributed by atoms with Crippen LogP contribution in [0, 0.1) is 5.82 Å². The van der Waals surface area contributed by atoms with Crippen LogP contribution < -0.4 is 5.32 Å². The second-order valence-corrected chi connectivity index (χ2v) is 7.29. The third-order valence-corrected chi connectivity index (χ3v) is 5.31. The van der Waals surface area contributed by atoms with Crippen LogP contribution in [0.3, 0.4) is 0 Å². The molecule has 5 rings (SSSR count). The molecule has 4 aromatic rings. The zero-order chi connectivity index (χ0) is 19.8. The second kappa shape index (κ2) is 7.29. The summed E-state index contributed by atoms with van der Waals surface area (Å²) in [5.41, 5.74) is 2.88. The standard InChI is InChI=1S/C21H20FN5O2/c22-14-3-1-13(2-4-14)18-19(27-11-12-29-21(27)26-18)17-9-10-23-20(25-17)24-15-5-7-16(28)8-6-15/h1-4,9-12,15-16,28H,5-8H2,(H,23,24,25)/t15-,16-. The summed E-state index contributed by atoms with van der Waals surface area (Å²) in [6, 6.07) is 8.25. The van der Waals surface area contributed by atoms with Crippen molar-refractivity contribution in [3.05, 3.63) is 54.8 Å². The second-order valence-electron chi connectivity index (χ2n) is 7.29. The van der Waals surface area contributed by atoms with Gasteiger partial charge >= 0.3 is 5.84 Å². The Balaban J connectivity index is 1.53. The van der Waals surface area contributed by atoms with E-state index in [9.17, 15) is 9.50 Å². The fraction of sp³-hybridized carbons (Fsp3) is 0.286. The maximum absolute atomic E-state index is 13.4. The van der Waals surface area contributed by atoms with Crippen LogP contribution in [0.5, 0.6) is 0 Å². The lowest BCUT2D eigenvalue weighted by Gasteiger charge is -2.26. The average Bonchev–Trinajstić information content (AvgIpc) is 3.32. The monoisotopic (exact) mass is 393 g/mol. The summed E-state index contributed by atoms with van der Waals surface area (Å²) in [4.78, 5) is 13.6. The molecule has 7 nitrogen and oxygen atoms in total. The van der Waals surface area contributed by atoms with E-state index in [-0.39, 0.29) is 18.0 Å². The molecule has 1 fully saturated rings. The third-order valence-electron chi connectivity index (χ3n) is 5.31. The SMILES string of the molecule is O[C@H]1CC[C@H](Nc2nccc(-c3c(-c4ccc(F)cc4)nc4occn34)n2)CC1. The fourth-order valence-electron chi connectivity index (χ4n) is 3.80. The zero-order valence-electron chi connectivity index (χ0n) is 15.6. The summed E-state index contributed by atoms with van der Waals surface area (Å²) in [5, 5.41) is 13.1. The summed E-state index contributed by atoms with van der Waals surface area (Å²) in [6.07, 6.45) is 8.17. The molecule has 0 bridgehead atoms. The smallest absolute Gasteiger partial charge is 0.306 e. The van der Waals surface area contributed by atoms with Gasteiger partial charge in [-0.1, -0.05) is 0 Å². The van der Waals surface area contributed by atoms with E-state index in [4.69, 9.17) is 9.40 Å². The van der Waals surface area contributed by atoms with Crippen molar-refractivity contribution in [2.75, 3.05) is 5.32 Å². The largest absolute Gasteiger partial charge is 0.432 e. The van der Waals surface area contributed by atoms with Crippen LogP contribution in [0.4, 0.5) is 10.3 Å². The van der Waals surface area contributed by atoms with Gasteiger partial charge in [-0.2, -0.15) is 4.98 Å². The van der Waals surface area contributed by atoms with Gasteiger partial charge in [0.05, 0.1) is 11.8 Å². The lowest BCUT2D eigenvalue weighted by Crippen LogP contribution is -2.28. The number of aliphatic hydroxyl groups excluding tert-OH is 1. The molecule has 1 aliphatic carbocycles. The fourth-order valence-corrected chi connectivity index (χ4v) is 3.80. The number of oxazole rings is 1. The van der Waals surface area contributed by atoms with Crippen molar-refractivity contribution in [1.29, 1.82) is 0 Å². The molecule has 0 spiro atoms. The molecular weight excluding hydrogens is 373 g/mol. The van der Waals surface area contributed by atoms with Gasteiger partial charge in [0.2, 0.25) is 5.95 Å². The minimum absolute atomic E-state index is 0.209. The Morgan fingerprint density at radius 1 is 1.07 bits per heavy atom. The molecule has 1 saturated carbocycles. The number of rotatable bonds is 4. The number of hydrogen-bond acceptors (Lipinski definition) is 6. The van der Waals surface area contributed by atoms with E-state index in [1.165, 1.54) is 12.1 Å². The molecule has 8 heteroatoms. The van der Waals surface area contributed by atoms with Crippen LogP contribution in [-0.4, -0.2) is 36.6 Å². The number of imidazole rings is 1. The Morgan fingerprint density at radius 2 is 1.86 bits per heavy atom. The van der Waals surface area contributed by atoms with Gasteiger partial charge < -0.3 is 14.8 Å². The summed E-state index contributed by atoms with van der Waals surface area (Å²) < 4.78 is 20.7. The van der Waals surface area contributed by atoms with E-state index in [1.807, 2.05) is 10.5 Å². The van der Waals surface area contributed by atoms with Crippen LogP contribution >= 0.6 is 0 Å². The highest BCUT2D eigenvalue weighted by atomic mass is 19.1. The molecule has 3 aromatic heterocycles. The number of fused-ring (bicyclic) bond motifs is 1. The Morgan fingerprint density at radius 3 is 2.66 bits per heavy atom. The predicted octanol–water partition coefficient (Wildman–Crippen LogP) is 3.91. The topological polar surface area (TPSA) is 88.5 Å². The van der Waals surface area contributed by atoms with E-state index in [2.05, 4.69) is 15.3 Å². The number of benzene rings is 1. The molecule has 3 heterocycles. The van der Waals surface area contributed by atoms with Crippen LogP contribution in [0.2, 0.25) is 0 Å². The molecule has 0 unspecified atom stereocenters. The van der Waals surface area contributed by atoms with Gasteiger partial charge in [0.15, 0.2) is 0 Å². The normalized spacial score (nSPS) is 19.5. The van der Waals surface area contributed by atoms with Crippen LogP contribution in [-0.2, 0) is 0 Å². The van der Waals surface area contributed by atoms with Gasteiger partial charge in [-0.25, -0.2) is 14.4 Å². The summed E-state index contributed by atoms with van der Waals surface area (Å²) >= 11 is 0. The van der Waals surface area contributed by atoms with Crippen molar-refractivity contribution in [2.45, 2.75) is 37.8 Å². The van der Waals surface area contributed by atoms with Gasteiger partial charge in [-0.3, -0.25) is 4.40 Å². The number of nitrogens with one attached hydrogen (secondary N) is 1. The van der Waals surface area contributed by atoms with Crippen molar-refractivity contribution in [3.8, 4) is 22.6 Å². The number of halogens is 1. The van der Waals surface area contributed by atoms with Crippen molar-refractivity contribution in [2.24, 2.45) is 0 Å². The van der Waals surface area contributed by atoms with Gasteiger partial charge in [-0.15, -0.1) is 0 Å². The molecule has 2 N–H and O–H groups in total. The minimum Gasteiger partial charge on any atom is -0.432 e. The van der Waals surface area contributed by atoms with Crippen molar-refractivity contribution in [1.82, 2.24) is 19.4 Å². The highest BCUT2D eigenvalue weighted by Gasteiger charge is 2.22. The lowest BCUT2D eigenvalue weighted by molar-refractivity contribution is 0.126. The molecule has 0 radical (unpaired) electrons. The number of hydrogen-bond donors (Lipinski definition) is 2. The first-order valence-electron chi connectivity index (χ1n) is 9.67. The molecule has 0 amide bonds. The van der Waals surface area contributed by atoms with Crippen molar-refractivity contribution >= 4 is 11.8 Å². The van der Waals surface area contributed by atoms with Crippen LogP contribution in [0.1, 0.15) is 25.7 Å². The van der Waals surface area contributed by atoms with E-state index in [0.717, 1.165) is 36.9 Å². The van der Waals surface area contributed by atoms with Crippen LogP contribution in [0.15, 0.2) is 53.4 Å². The summed E-state index contributed by atoms with van der Waals surface area (Å²) in [6.45, 7) is 0. The van der Waals surface area contributed by atoms with E-state index in [0.29, 0.717) is 23.2 Å². The molecule has 1 aromatic carbocycles. The maximum atomic E-state index is 13.4. The average molecular weight is 393 g/mol. The predicted molar refractivity (Wildman–Crippen MR) is 106 cm³/mol. The third kappa shape index (κ3) is 3.47. The number of aliphatic hydroxyl groups is 1. The molecule has 0 atom stereocenters. The number of nitrogens with zero attached hydrogens (tertiary/aromatic N) is 4. The molecule has 0 aliphatic heterocycles. The van der Waals surface area contributed by atoms with Gasteiger partial charge in [0.1, 0.15) is 23.5 Å². The minimum atomic E-state index is -0.302. The quantitative estimate of drug-likeness (QED) is 0.547. The van der Waals surface area contributed by atoms with E-state index < -0.39 is 0 Å². The molecular formula is C21H20FN5O2. The Hall–Kier alpha value is -3.26. The van der Waals surface area contributed by atoms with Gasteiger partial charge in [-0.05, 0) is 56.0 Å². The molecule has 29 heavy (non-hydrogen) atoms. The first-order valence-corrected chi connectivity index (χ1v) is 9.67. The first-order chi connectivity index (χ1) is 14.2. The summed E-state index contributed by atoms with van der Waals surface area (Å²) in [5.74, 6) is 0.672. The van der Waals surface area contributed by atoms with Crippen LogP contribution in [0.25, 0.3) is 28.5 Å². The Bertz CT molecular complexity index is 1130. The van der Waals surface area contributed by atoms with E-state index >= 15 is 0 Å².